The molecule has 1 atom stereocenters. The fourth-order valence-corrected chi connectivity index (χ4v) is 8.76. The fraction of sp³-hybridized carbons (Fsp3) is 0.412. The molecule has 310 valence electrons. The van der Waals surface area contributed by atoms with Crippen LogP contribution in [0.3, 0.4) is 0 Å². The SMILES string of the molecule is CC1(C)OC(=C(C#N)C#N)C(C#N)=C1/C=C/C1=C(Cl)C(=C/C=C2/N(CCCCCC(=O)Nc3ccc(C#C[Si](C)(C)C)cc3)c3ccccc3C2(C)C)/CC(C(C)(C)C)C1. The summed E-state index contributed by atoms with van der Waals surface area (Å²) in [5.74, 6) is 3.60. The topological polar surface area (TPSA) is 113 Å². The molecule has 0 fully saturated rings. The zero-order chi connectivity index (χ0) is 44.0. The Balaban J connectivity index is 1.36. The lowest BCUT2D eigenvalue weighted by atomic mass is 9.70. The van der Waals surface area contributed by atoms with E-state index in [9.17, 15) is 20.6 Å². The van der Waals surface area contributed by atoms with E-state index in [2.05, 4.69) is 118 Å². The number of benzene rings is 2. The first-order valence-electron chi connectivity index (χ1n) is 20.9. The van der Waals surface area contributed by atoms with Gasteiger partial charge in [-0.15, -0.1) is 5.54 Å². The second kappa shape index (κ2) is 18.4. The zero-order valence-electron chi connectivity index (χ0n) is 36.9. The lowest BCUT2D eigenvalue weighted by Crippen LogP contribution is -2.27. The Kier molecular flexibility index (Phi) is 14.0. The summed E-state index contributed by atoms with van der Waals surface area (Å²) in [6, 6.07) is 22.3. The van der Waals surface area contributed by atoms with E-state index in [1.165, 1.54) is 16.9 Å². The molecule has 3 aliphatic rings. The monoisotopic (exact) mass is 835 g/mol. The third kappa shape index (κ3) is 10.6. The van der Waals surface area contributed by atoms with Gasteiger partial charge >= 0.3 is 0 Å². The number of ether oxygens (including phenoxy) is 1. The van der Waals surface area contributed by atoms with Crippen LogP contribution < -0.4 is 10.2 Å². The number of fused-ring (bicyclic) bond motifs is 1. The number of nitrogens with one attached hydrogen (secondary N) is 1. The van der Waals surface area contributed by atoms with Gasteiger partial charge in [0.05, 0.1) is 0 Å². The van der Waals surface area contributed by atoms with Gasteiger partial charge < -0.3 is 15.0 Å². The molecule has 1 N–H and O–H groups in total. The van der Waals surface area contributed by atoms with Crippen molar-refractivity contribution in [3.8, 4) is 29.7 Å². The van der Waals surface area contributed by atoms with Gasteiger partial charge in [0, 0.05) is 51.6 Å². The predicted molar refractivity (Wildman–Crippen MR) is 247 cm³/mol. The normalized spacial score (nSPS) is 19.7. The van der Waals surface area contributed by atoms with Gasteiger partial charge in [0.2, 0.25) is 5.91 Å². The molecule has 0 bridgehead atoms. The number of halogens is 1. The van der Waals surface area contributed by atoms with E-state index < -0.39 is 13.7 Å². The predicted octanol–water partition coefficient (Wildman–Crippen LogP) is 12.5. The van der Waals surface area contributed by atoms with Gasteiger partial charge in [-0.2, -0.15) is 15.8 Å². The second-order valence-electron chi connectivity index (χ2n) is 19.1. The van der Waals surface area contributed by atoms with Gasteiger partial charge in [-0.1, -0.05) is 115 Å². The van der Waals surface area contributed by atoms with E-state index >= 15 is 0 Å². The zero-order valence-corrected chi connectivity index (χ0v) is 38.7. The average molecular weight is 837 g/mol. The van der Waals surface area contributed by atoms with Crippen LogP contribution in [0.2, 0.25) is 19.6 Å². The van der Waals surface area contributed by atoms with Crippen LogP contribution in [0.4, 0.5) is 11.4 Å². The van der Waals surface area contributed by atoms with E-state index in [1.807, 2.05) is 62.4 Å². The summed E-state index contributed by atoms with van der Waals surface area (Å²) in [4.78, 5) is 15.3. The minimum atomic E-state index is -1.45. The summed E-state index contributed by atoms with van der Waals surface area (Å²) < 4.78 is 6.01. The summed E-state index contributed by atoms with van der Waals surface area (Å²) in [5, 5.41) is 32.9. The maximum atomic E-state index is 12.8. The molecule has 60 heavy (non-hydrogen) atoms. The largest absolute Gasteiger partial charge is 0.480 e. The maximum Gasteiger partial charge on any atom is 0.224 e. The van der Waals surface area contributed by atoms with Crippen LogP contribution in [-0.4, -0.2) is 26.1 Å². The van der Waals surface area contributed by atoms with E-state index in [0.717, 1.165) is 61.0 Å². The van der Waals surface area contributed by atoms with Crippen LogP contribution >= 0.6 is 11.6 Å². The number of anilines is 2. The van der Waals surface area contributed by atoms with Crippen molar-refractivity contribution in [2.24, 2.45) is 11.3 Å². The molecule has 0 radical (unpaired) electrons. The van der Waals surface area contributed by atoms with Gasteiger partial charge in [0.1, 0.15) is 37.5 Å². The molecule has 0 aromatic heterocycles. The number of amides is 1. The van der Waals surface area contributed by atoms with E-state index in [1.54, 1.807) is 0 Å². The molecule has 2 aromatic rings. The molecule has 1 unspecified atom stereocenters. The molecule has 2 aromatic carbocycles. The Morgan fingerprint density at radius 1 is 0.950 bits per heavy atom. The number of allylic oxidation sites excluding steroid dienone is 9. The van der Waals surface area contributed by atoms with E-state index in [-0.39, 0.29) is 33.6 Å². The molecular formula is C51H58ClN5O2Si. The summed E-state index contributed by atoms with van der Waals surface area (Å²) in [6.07, 6.45) is 13.0. The fourth-order valence-electron chi connectivity index (χ4n) is 7.96. The Morgan fingerprint density at radius 2 is 1.63 bits per heavy atom. The molecule has 1 amide bonds. The first-order valence-corrected chi connectivity index (χ1v) is 24.7. The number of para-hydroxylation sites is 1. The number of unbranched alkanes of at least 4 members (excludes halogenated alkanes) is 2. The Bertz CT molecular complexity index is 2380. The lowest BCUT2D eigenvalue weighted by molar-refractivity contribution is -0.116. The van der Waals surface area contributed by atoms with Crippen molar-refractivity contribution in [3.63, 3.8) is 0 Å². The number of carbonyl (C=O) groups is 1. The van der Waals surface area contributed by atoms with Crippen molar-refractivity contribution in [2.75, 3.05) is 16.8 Å². The number of hydrogen-bond acceptors (Lipinski definition) is 6. The number of hydrogen-bond donors (Lipinski definition) is 1. The summed E-state index contributed by atoms with van der Waals surface area (Å²) in [5.41, 5.74) is 10.2. The van der Waals surface area contributed by atoms with Crippen molar-refractivity contribution >= 4 is 37.0 Å². The third-order valence-corrected chi connectivity index (χ3v) is 12.9. The van der Waals surface area contributed by atoms with Crippen LogP contribution in [0.25, 0.3) is 0 Å². The van der Waals surface area contributed by atoms with Crippen LogP contribution in [0.5, 0.6) is 0 Å². The van der Waals surface area contributed by atoms with Crippen molar-refractivity contribution in [1.29, 1.82) is 15.8 Å². The minimum Gasteiger partial charge on any atom is -0.480 e. The Morgan fingerprint density at radius 3 is 2.27 bits per heavy atom. The second-order valence-corrected chi connectivity index (χ2v) is 24.2. The Labute approximate surface area is 364 Å². The third-order valence-electron chi connectivity index (χ3n) is 11.5. The maximum absolute atomic E-state index is 12.8. The van der Waals surface area contributed by atoms with Gasteiger partial charge in [0.15, 0.2) is 11.3 Å². The highest BCUT2D eigenvalue weighted by Gasteiger charge is 2.41. The van der Waals surface area contributed by atoms with Crippen LogP contribution in [0, 0.1) is 56.8 Å². The van der Waals surface area contributed by atoms with Crippen LogP contribution in [0.15, 0.2) is 117 Å². The minimum absolute atomic E-state index is 0.00116. The number of nitrogens with zero attached hydrogens (tertiary/aromatic N) is 4. The molecule has 0 saturated carbocycles. The van der Waals surface area contributed by atoms with Crippen LogP contribution in [-0.2, 0) is 14.9 Å². The summed E-state index contributed by atoms with van der Waals surface area (Å²) >= 11 is 7.30. The first kappa shape index (κ1) is 45.6. The van der Waals surface area contributed by atoms with Crippen molar-refractivity contribution < 1.29 is 9.53 Å². The van der Waals surface area contributed by atoms with E-state index in [4.69, 9.17) is 16.3 Å². The van der Waals surface area contributed by atoms with Gasteiger partial charge in [-0.3, -0.25) is 4.79 Å². The molecule has 5 rings (SSSR count). The number of nitriles is 3. The summed E-state index contributed by atoms with van der Waals surface area (Å²) in [6.45, 7) is 22.5. The number of rotatable bonds is 10. The van der Waals surface area contributed by atoms with Crippen LogP contribution in [0.1, 0.15) is 98.1 Å². The molecule has 0 spiro atoms. The highest BCUT2D eigenvalue weighted by Crippen LogP contribution is 2.49. The van der Waals surface area contributed by atoms with E-state index in [0.29, 0.717) is 22.9 Å². The highest BCUT2D eigenvalue weighted by molar-refractivity contribution is 6.83. The Hall–Kier alpha value is -5.51. The lowest BCUT2D eigenvalue weighted by Gasteiger charge is -2.36. The van der Waals surface area contributed by atoms with Gasteiger partial charge in [-0.05, 0) is 104 Å². The summed E-state index contributed by atoms with van der Waals surface area (Å²) in [7, 11) is -1.45. The average Bonchev–Trinajstić information content (AvgIpc) is 3.56. The first-order chi connectivity index (χ1) is 28.2. The molecule has 1 aliphatic carbocycles. The van der Waals surface area contributed by atoms with Gasteiger partial charge in [0.25, 0.3) is 0 Å². The molecule has 2 heterocycles. The van der Waals surface area contributed by atoms with Crippen molar-refractivity contribution in [1.82, 2.24) is 0 Å². The molecule has 7 nitrogen and oxygen atoms in total. The standard InChI is InChI=1S/C51H58ClN5O2Si/c1-49(2,3)39-30-36(21-25-42-41(34-55)48(38(32-53)33-54)59-51(42,6)7)47(52)37(31-39)22-26-45-50(4,5)43-16-13-14-17-44(43)57(45)28-15-11-12-18-46(58)56-40-23-19-35(20-24-40)27-29-60(8,9)10/h13-14,16-17,19-26,39H,11-12,15,18,28,30-31H2,1-10H3,(H,56,58)/b25-21+,37-22+,45-26+. The molecule has 0 saturated heterocycles. The van der Waals surface area contributed by atoms with Gasteiger partial charge in [-0.25, -0.2) is 0 Å². The molecular weight excluding hydrogens is 778 g/mol. The van der Waals surface area contributed by atoms with Crippen molar-refractivity contribution in [2.45, 2.75) is 118 Å². The molecule has 9 heteroatoms. The number of carbonyl (C=O) groups excluding carboxylic acids is 1. The smallest absolute Gasteiger partial charge is 0.224 e. The highest BCUT2D eigenvalue weighted by atomic mass is 35.5. The molecule has 2 aliphatic heterocycles. The van der Waals surface area contributed by atoms with Crippen molar-refractivity contribution in [3.05, 3.63) is 128 Å². The quantitative estimate of drug-likeness (QED) is 0.110.